The van der Waals surface area contributed by atoms with Crippen LogP contribution in [0.25, 0.3) is 6.08 Å². The fourth-order valence-electron chi connectivity index (χ4n) is 3.35. The summed E-state index contributed by atoms with van der Waals surface area (Å²) in [7, 11) is 4.07. The molecule has 1 nitrogen and oxygen atoms in total. The Morgan fingerprint density at radius 1 is 1.19 bits per heavy atom. The van der Waals surface area contributed by atoms with Gasteiger partial charge in [0.2, 0.25) is 0 Å². The van der Waals surface area contributed by atoms with Gasteiger partial charge in [-0.1, -0.05) is 38.0 Å². The summed E-state index contributed by atoms with van der Waals surface area (Å²) in [4.78, 5) is 2.76. The predicted molar refractivity (Wildman–Crippen MR) is 92.8 cm³/mol. The zero-order chi connectivity index (χ0) is 15.5. The molecule has 0 atom stereocenters. The number of allylic oxidation sites excluding steroid dienone is 1. The molecule has 3 heteroatoms. The lowest BCUT2D eigenvalue weighted by Crippen LogP contribution is -2.29. The van der Waals surface area contributed by atoms with Crippen LogP contribution in [0.3, 0.4) is 0 Å². The van der Waals surface area contributed by atoms with Gasteiger partial charge < -0.3 is 4.90 Å². The standard InChI is InChI=1S/C18H24FNS/c1-5-14-12-16(20(3)4)15(13-17(14)21-19)18(6-2)10-8-7-9-11-18/h5-6,12-13H,1-2,7-11H2,3-4H3. The van der Waals surface area contributed by atoms with Crippen LogP contribution in [-0.2, 0) is 5.41 Å². The Hall–Kier alpha value is -1.22. The number of rotatable bonds is 5. The van der Waals surface area contributed by atoms with Crippen molar-refractivity contribution in [3.8, 4) is 0 Å². The lowest BCUT2D eigenvalue weighted by Gasteiger charge is -2.38. The fourth-order valence-corrected chi connectivity index (χ4v) is 3.74. The highest BCUT2D eigenvalue weighted by Crippen LogP contribution is 2.46. The number of nitrogens with zero attached hydrogens (tertiary/aromatic N) is 1. The molecule has 0 aliphatic heterocycles. The minimum atomic E-state index is -0.0258. The molecule has 0 unspecified atom stereocenters. The minimum absolute atomic E-state index is 0.0258. The largest absolute Gasteiger partial charge is 0.377 e. The summed E-state index contributed by atoms with van der Waals surface area (Å²) >= 11 is 0.304. The van der Waals surface area contributed by atoms with E-state index in [2.05, 4.69) is 24.1 Å². The summed E-state index contributed by atoms with van der Waals surface area (Å²) in [6.45, 7) is 7.89. The number of anilines is 1. The number of hydrogen-bond donors (Lipinski definition) is 0. The van der Waals surface area contributed by atoms with Gasteiger partial charge >= 0.3 is 0 Å². The van der Waals surface area contributed by atoms with Gasteiger partial charge in [0, 0.05) is 30.1 Å². The molecule has 1 aromatic carbocycles. The summed E-state index contributed by atoms with van der Waals surface area (Å²) < 4.78 is 13.3. The van der Waals surface area contributed by atoms with Crippen molar-refractivity contribution in [2.75, 3.05) is 19.0 Å². The van der Waals surface area contributed by atoms with Crippen molar-refractivity contribution in [1.82, 2.24) is 0 Å². The number of halogens is 1. The van der Waals surface area contributed by atoms with E-state index in [1.54, 1.807) is 6.08 Å². The smallest absolute Gasteiger partial charge is 0.0818 e. The third-order valence-electron chi connectivity index (χ3n) is 4.59. The van der Waals surface area contributed by atoms with Gasteiger partial charge in [0.05, 0.1) is 12.1 Å². The van der Waals surface area contributed by atoms with Crippen LogP contribution in [-0.4, -0.2) is 14.1 Å². The van der Waals surface area contributed by atoms with E-state index in [4.69, 9.17) is 0 Å². The van der Waals surface area contributed by atoms with Gasteiger partial charge in [-0.25, -0.2) is 0 Å². The summed E-state index contributed by atoms with van der Waals surface area (Å²) in [6, 6.07) is 4.05. The van der Waals surface area contributed by atoms with E-state index in [9.17, 15) is 3.89 Å². The summed E-state index contributed by atoms with van der Waals surface area (Å²) in [6.07, 6.45) is 9.69. The molecule has 0 amide bonds. The van der Waals surface area contributed by atoms with Crippen LogP contribution >= 0.6 is 12.1 Å². The van der Waals surface area contributed by atoms with Crippen molar-refractivity contribution in [1.29, 1.82) is 0 Å². The molecule has 1 aliphatic carbocycles. The second kappa shape index (κ2) is 6.69. The van der Waals surface area contributed by atoms with E-state index in [0.717, 1.165) is 24.1 Å². The van der Waals surface area contributed by atoms with Crippen LogP contribution < -0.4 is 4.90 Å². The third-order valence-corrected chi connectivity index (χ3v) is 5.11. The molecular weight excluding hydrogens is 281 g/mol. The SMILES string of the molecule is C=Cc1cc(N(C)C)c(C2(C=C)CCCCC2)cc1SF. The first-order valence-electron chi connectivity index (χ1n) is 7.48. The molecule has 0 aromatic heterocycles. The van der Waals surface area contributed by atoms with Gasteiger partial charge in [-0.3, -0.25) is 0 Å². The topological polar surface area (TPSA) is 3.24 Å². The van der Waals surface area contributed by atoms with Gasteiger partial charge in [0.15, 0.2) is 0 Å². The van der Waals surface area contributed by atoms with E-state index in [1.807, 2.05) is 26.2 Å². The average Bonchev–Trinajstić information content (AvgIpc) is 2.53. The highest BCUT2D eigenvalue weighted by atomic mass is 32.2. The Balaban J connectivity index is 2.64. The van der Waals surface area contributed by atoms with Gasteiger partial charge in [-0.05, 0) is 36.1 Å². The fraction of sp³-hybridized carbons (Fsp3) is 0.444. The van der Waals surface area contributed by atoms with E-state index < -0.39 is 0 Å². The maximum Gasteiger partial charge on any atom is 0.0818 e. The Morgan fingerprint density at radius 3 is 2.33 bits per heavy atom. The molecule has 0 heterocycles. The lowest BCUT2D eigenvalue weighted by atomic mass is 9.69. The second-order valence-electron chi connectivity index (χ2n) is 6.00. The van der Waals surface area contributed by atoms with Crippen LogP contribution in [0.4, 0.5) is 9.57 Å². The maximum atomic E-state index is 13.3. The van der Waals surface area contributed by atoms with Gasteiger partial charge in [-0.2, -0.15) is 3.89 Å². The first kappa shape index (κ1) is 16.2. The molecule has 0 bridgehead atoms. The molecule has 2 rings (SSSR count). The quantitative estimate of drug-likeness (QED) is 0.636. The van der Waals surface area contributed by atoms with Crippen LogP contribution in [0, 0.1) is 0 Å². The Morgan fingerprint density at radius 2 is 1.86 bits per heavy atom. The molecular formula is C18H24FNS. The summed E-state index contributed by atoms with van der Waals surface area (Å²) in [5.74, 6) is 0. The molecule has 1 aromatic rings. The van der Waals surface area contributed by atoms with Crippen LogP contribution in [0.15, 0.2) is 36.3 Å². The number of hydrogen-bond acceptors (Lipinski definition) is 2. The molecule has 0 N–H and O–H groups in total. The average molecular weight is 305 g/mol. The van der Waals surface area contributed by atoms with Gasteiger partial charge in [0.25, 0.3) is 0 Å². The first-order valence-corrected chi connectivity index (χ1v) is 8.20. The summed E-state index contributed by atoms with van der Waals surface area (Å²) in [5.41, 5.74) is 3.17. The number of benzene rings is 1. The summed E-state index contributed by atoms with van der Waals surface area (Å²) in [5, 5.41) is 0. The highest BCUT2D eigenvalue weighted by molar-refractivity contribution is 7.94. The third kappa shape index (κ3) is 3.03. The first-order chi connectivity index (χ1) is 10.1. The van der Waals surface area contributed by atoms with Crippen molar-refractivity contribution in [2.45, 2.75) is 42.4 Å². The Labute approximate surface area is 132 Å². The van der Waals surface area contributed by atoms with Crippen LogP contribution in [0.2, 0.25) is 0 Å². The molecule has 0 spiro atoms. The van der Waals surface area contributed by atoms with E-state index in [-0.39, 0.29) is 5.41 Å². The van der Waals surface area contributed by atoms with Crippen molar-refractivity contribution in [3.05, 3.63) is 42.5 Å². The zero-order valence-corrected chi connectivity index (χ0v) is 13.8. The lowest BCUT2D eigenvalue weighted by molar-refractivity contribution is 0.357. The highest BCUT2D eigenvalue weighted by Gasteiger charge is 2.34. The zero-order valence-electron chi connectivity index (χ0n) is 13.0. The van der Waals surface area contributed by atoms with Crippen molar-refractivity contribution in [2.24, 2.45) is 0 Å². The Bertz CT molecular complexity index is 530. The predicted octanol–water partition coefficient (Wildman–Crippen LogP) is 5.76. The maximum absolute atomic E-state index is 13.3. The molecule has 21 heavy (non-hydrogen) atoms. The normalized spacial score (nSPS) is 17.3. The van der Waals surface area contributed by atoms with E-state index >= 15 is 0 Å². The van der Waals surface area contributed by atoms with Gasteiger partial charge in [0.1, 0.15) is 0 Å². The van der Waals surface area contributed by atoms with E-state index in [0.29, 0.717) is 17.0 Å². The van der Waals surface area contributed by atoms with Crippen molar-refractivity contribution >= 4 is 23.9 Å². The molecule has 1 fully saturated rings. The molecule has 0 radical (unpaired) electrons. The van der Waals surface area contributed by atoms with E-state index in [1.165, 1.54) is 24.8 Å². The van der Waals surface area contributed by atoms with Gasteiger partial charge in [-0.15, -0.1) is 6.58 Å². The molecule has 114 valence electrons. The molecule has 0 saturated heterocycles. The van der Waals surface area contributed by atoms with Crippen molar-refractivity contribution in [3.63, 3.8) is 0 Å². The Kier molecular flexibility index (Phi) is 5.15. The second-order valence-corrected chi connectivity index (χ2v) is 6.60. The monoisotopic (exact) mass is 305 g/mol. The minimum Gasteiger partial charge on any atom is -0.377 e. The van der Waals surface area contributed by atoms with Crippen LogP contribution in [0.5, 0.6) is 0 Å². The molecule has 1 saturated carbocycles. The molecule has 1 aliphatic rings. The van der Waals surface area contributed by atoms with Crippen molar-refractivity contribution < 1.29 is 3.89 Å². The van der Waals surface area contributed by atoms with Crippen LogP contribution in [0.1, 0.15) is 43.2 Å².